The number of benzene rings is 2. The van der Waals surface area contributed by atoms with Crippen LogP contribution in [-0.4, -0.2) is 0 Å². The van der Waals surface area contributed by atoms with Gasteiger partial charge in [0.05, 0.1) is 0 Å². The van der Waals surface area contributed by atoms with Crippen molar-refractivity contribution in [3.8, 4) is 22.3 Å². The van der Waals surface area contributed by atoms with Crippen LogP contribution >= 0.6 is 0 Å². The molecule has 3 rings (SSSR count). The fourth-order valence-corrected chi connectivity index (χ4v) is 3.23. The van der Waals surface area contributed by atoms with Crippen molar-refractivity contribution in [2.75, 3.05) is 0 Å². The van der Waals surface area contributed by atoms with E-state index in [1.54, 1.807) is 11.1 Å². The summed E-state index contributed by atoms with van der Waals surface area (Å²) in [5, 5.41) is 0. The predicted molar refractivity (Wildman–Crippen MR) is 88.1 cm³/mol. The fourth-order valence-electron chi connectivity index (χ4n) is 3.23. The molecule has 0 saturated carbocycles. The zero-order valence-electron chi connectivity index (χ0n) is 12.7. The van der Waals surface area contributed by atoms with Crippen molar-refractivity contribution in [3.63, 3.8) is 0 Å². The largest absolute Gasteiger partial charge is 0.0654 e. The molecule has 1 aliphatic carbocycles. The minimum Gasteiger partial charge on any atom is -0.0654 e. The lowest BCUT2D eigenvalue weighted by Crippen LogP contribution is -2.04. The normalized spacial score (nSPS) is 11.7. The highest BCUT2D eigenvalue weighted by Crippen LogP contribution is 2.48. The Morgan fingerprint density at radius 3 is 1.50 bits per heavy atom. The summed E-state index contributed by atoms with van der Waals surface area (Å²) in [4.78, 5) is 0. The van der Waals surface area contributed by atoms with Gasteiger partial charge in [0.1, 0.15) is 0 Å². The summed E-state index contributed by atoms with van der Waals surface area (Å²) < 4.78 is 0. The molecule has 0 saturated heterocycles. The fraction of sp³-hybridized carbons (Fsp3) is 0.400. The smallest absolute Gasteiger partial charge is 0.00960 e. The molecule has 0 fully saturated rings. The van der Waals surface area contributed by atoms with Crippen molar-refractivity contribution in [1.29, 1.82) is 0 Å². The Labute approximate surface area is 122 Å². The number of hydrogen-bond donors (Lipinski definition) is 0. The van der Waals surface area contributed by atoms with Gasteiger partial charge in [0.25, 0.3) is 0 Å². The van der Waals surface area contributed by atoms with Crippen LogP contribution in [0.2, 0.25) is 0 Å². The second-order valence-corrected chi connectivity index (χ2v) is 5.92. The maximum Gasteiger partial charge on any atom is -0.00960 e. The Morgan fingerprint density at radius 1 is 0.650 bits per heavy atom. The number of unbranched alkanes of at least 4 members (excludes halogenated alkanes) is 2. The van der Waals surface area contributed by atoms with Crippen molar-refractivity contribution < 1.29 is 0 Å². The van der Waals surface area contributed by atoms with Gasteiger partial charge in [-0.15, -0.1) is 0 Å². The molecule has 20 heavy (non-hydrogen) atoms. The third-order valence-electron chi connectivity index (χ3n) is 4.45. The summed E-state index contributed by atoms with van der Waals surface area (Å²) in [6, 6.07) is 13.8. The zero-order valence-corrected chi connectivity index (χ0v) is 12.7. The Hall–Kier alpha value is -1.56. The topological polar surface area (TPSA) is 0 Å². The van der Waals surface area contributed by atoms with E-state index in [4.69, 9.17) is 0 Å². The number of hydrogen-bond acceptors (Lipinski definition) is 0. The van der Waals surface area contributed by atoms with Gasteiger partial charge in [-0.3, -0.25) is 0 Å². The van der Waals surface area contributed by atoms with Crippen molar-refractivity contribution in [1.82, 2.24) is 0 Å². The van der Waals surface area contributed by atoms with E-state index in [-0.39, 0.29) is 0 Å². The molecule has 0 aliphatic heterocycles. The third kappa shape index (κ3) is 2.28. The first-order valence-electron chi connectivity index (χ1n) is 8.10. The maximum atomic E-state index is 2.47. The first-order valence-corrected chi connectivity index (χ1v) is 8.10. The van der Waals surface area contributed by atoms with Crippen LogP contribution in [0.25, 0.3) is 22.3 Å². The second kappa shape index (κ2) is 5.83. The molecule has 0 aromatic heterocycles. The lowest BCUT2D eigenvalue weighted by molar-refractivity contribution is 0.758. The van der Waals surface area contributed by atoms with Crippen LogP contribution in [0.4, 0.5) is 0 Å². The van der Waals surface area contributed by atoms with Crippen molar-refractivity contribution >= 4 is 0 Å². The minimum absolute atomic E-state index is 1.24. The maximum absolute atomic E-state index is 2.47. The molecule has 104 valence electrons. The average Bonchev–Trinajstić information content (AvgIpc) is 2.49. The lowest BCUT2D eigenvalue weighted by atomic mass is 9.77. The summed E-state index contributed by atoms with van der Waals surface area (Å²) in [5.41, 5.74) is 9.03. The monoisotopic (exact) mass is 264 g/mol. The number of fused-ring (bicyclic) bond motifs is 4. The Kier molecular flexibility index (Phi) is 3.91. The standard InChI is InChI=1S/C20H24/c1-3-5-9-15-13-19-17-11-7-8-12-18(17)20(19)14-16(15)10-6-4-2/h7-8,11-14H,3-6,9-10H2,1-2H3. The first-order chi connectivity index (χ1) is 9.85. The van der Waals surface area contributed by atoms with Crippen molar-refractivity contribution in [2.45, 2.75) is 52.4 Å². The molecule has 1 aliphatic rings. The highest BCUT2D eigenvalue weighted by Gasteiger charge is 2.23. The molecule has 2 aromatic rings. The predicted octanol–water partition coefficient (Wildman–Crippen LogP) is 6.02. The number of rotatable bonds is 6. The van der Waals surface area contributed by atoms with E-state index in [0.717, 1.165) is 0 Å². The van der Waals surface area contributed by atoms with Crippen LogP contribution in [0.15, 0.2) is 36.4 Å². The molecule has 0 heterocycles. The lowest BCUT2D eigenvalue weighted by Gasteiger charge is -2.26. The van der Waals surface area contributed by atoms with Crippen LogP contribution in [0, 0.1) is 0 Å². The highest BCUT2D eigenvalue weighted by molar-refractivity contribution is 6.02. The van der Waals surface area contributed by atoms with E-state index in [2.05, 4.69) is 50.2 Å². The van der Waals surface area contributed by atoms with Crippen molar-refractivity contribution in [2.24, 2.45) is 0 Å². The summed E-state index contributed by atoms with van der Waals surface area (Å²) in [6.45, 7) is 4.56. The van der Waals surface area contributed by atoms with Gasteiger partial charge in [-0.05, 0) is 59.1 Å². The number of aryl methyl sites for hydroxylation is 2. The van der Waals surface area contributed by atoms with E-state index in [0.29, 0.717) is 0 Å². The van der Waals surface area contributed by atoms with E-state index >= 15 is 0 Å². The van der Waals surface area contributed by atoms with Crippen LogP contribution in [0.1, 0.15) is 50.7 Å². The molecular formula is C20H24. The molecule has 0 amide bonds. The van der Waals surface area contributed by atoms with Crippen LogP contribution in [0.5, 0.6) is 0 Å². The summed E-state index contributed by atoms with van der Waals surface area (Å²) >= 11 is 0. The highest BCUT2D eigenvalue weighted by atomic mass is 14.3. The van der Waals surface area contributed by atoms with Gasteiger partial charge in [-0.2, -0.15) is 0 Å². The molecule has 2 aromatic carbocycles. The Balaban J connectivity index is 1.96. The second-order valence-electron chi connectivity index (χ2n) is 5.92. The van der Waals surface area contributed by atoms with Crippen LogP contribution in [-0.2, 0) is 12.8 Å². The van der Waals surface area contributed by atoms with E-state index in [9.17, 15) is 0 Å². The molecule has 0 bridgehead atoms. The minimum atomic E-state index is 1.24. The summed E-state index contributed by atoms with van der Waals surface area (Å²) in [6.07, 6.45) is 7.65. The van der Waals surface area contributed by atoms with E-state index in [1.807, 2.05) is 0 Å². The van der Waals surface area contributed by atoms with Crippen LogP contribution in [0.3, 0.4) is 0 Å². The molecule has 0 atom stereocenters. The van der Waals surface area contributed by atoms with Gasteiger partial charge in [-0.25, -0.2) is 0 Å². The van der Waals surface area contributed by atoms with Gasteiger partial charge in [0.2, 0.25) is 0 Å². The van der Waals surface area contributed by atoms with Gasteiger partial charge in [0, 0.05) is 0 Å². The summed E-state index contributed by atoms with van der Waals surface area (Å²) in [7, 11) is 0. The molecule has 0 spiro atoms. The molecule has 0 heteroatoms. The molecular weight excluding hydrogens is 240 g/mol. The quantitative estimate of drug-likeness (QED) is 0.510. The third-order valence-corrected chi connectivity index (χ3v) is 4.45. The van der Waals surface area contributed by atoms with Crippen molar-refractivity contribution in [3.05, 3.63) is 47.5 Å². The van der Waals surface area contributed by atoms with Crippen LogP contribution < -0.4 is 0 Å². The van der Waals surface area contributed by atoms with Gasteiger partial charge >= 0.3 is 0 Å². The Morgan fingerprint density at radius 2 is 1.10 bits per heavy atom. The van der Waals surface area contributed by atoms with E-state index in [1.165, 1.54) is 60.8 Å². The van der Waals surface area contributed by atoms with Gasteiger partial charge in [0.15, 0.2) is 0 Å². The van der Waals surface area contributed by atoms with E-state index < -0.39 is 0 Å². The Bertz CT molecular complexity index is 553. The molecule has 0 unspecified atom stereocenters. The molecule has 0 radical (unpaired) electrons. The molecule has 0 nitrogen and oxygen atoms in total. The van der Waals surface area contributed by atoms with Gasteiger partial charge in [-0.1, -0.05) is 63.1 Å². The zero-order chi connectivity index (χ0) is 13.9. The summed E-state index contributed by atoms with van der Waals surface area (Å²) in [5.74, 6) is 0. The molecule has 0 N–H and O–H groups in total. The SMILES string of the molecule is CCCCc1cc2c(cc1CCCC)-c1ccccc1-2. The first kappa shape index (κ1) is 13.4. The average molecular weight is 264 g/mol. The van der Waals surface area contributed by atoms with Gasteiger partial charge < -0.3 is 0 Å².